The van der Waals surface area contributed by atoms with Crippen LogP contribution in [0.4, 0.5) is 0 Å². The zero-order valence-electron chi connectivity index (χ0n) is 9.43. The second-order valence-corrected chi connectivity index (χ2v) is 5.82. The van der Waals surface area contributed by atoms with E-state index in [9.17, 15) is 0 Å². The molecule has 2 heterocycles. The first-order valence-electron chi connectivity index (χ1n) is 5.06. The topological polar surface area (TPSA) is 41.6 Å². The average molecular weight is 258 g/mol. The molecular formula is C11H13Cl2N3. The molecule has 86 valence electrons. The molecule has 1 N–H and O–H groups in total. The monoisotopic (exact) mass is 257 g/mol. The van der Waals surface area contributed by atoms with Gasteiger partial charge in [0.1, 0.15) is 11.0 Å². The third-order valence-corrected chi connectivity index (χ3v) is 2.80. The molecule has 0 saturated heterocycles. The van der Waals surface area contributed by atoms with E-state index in [0.717, 1.165) is 17.8 Å². The summed E-state index contributed by atoms with van der Waals surface area (Å²) in [7, 11) is 0. The molecule has 0 amide bonds. The van der Waals surface area contributed by atoms with E-state index in [4.69, 9.17) is 23.2 Å². The smallest absolute Gasteiger partial charge is 0.179 e. The molecule has 0 fully saturated rings. The summed E-state index contributed by atoms with van der Waals surface area (Å²) in [6.45, 7) is 6.48. The maximum Gasteiger partial charge on any atom is 0.179 e. The molecule has 2 aromatic heterocycles. The van der Waals surface area contributed by atoms with Gasteiger partial charge in [-0.25, -0.2) is 9.97 Å². The zero-order valence-corrected chi connectivity index (χ0v) is 10.9. The van der Waals surface area contributed by atoms with Crippen LogP contribution in [0.25, 0.3) is 11.2 Å². The van der Waals surface area contributed by atoms with Crippen molar-refractivity contribution in [3.63, 3.8) is 0 Å². The quantitative estimate of drug-likeness (QED) is 0.789. The van der Waals surface area contributed by atoms with Crippen molar-refractivity contribution in [1.82, 2.24) is 15.0 Å². The molecule has 0 spiro atoms. The molecular weight excluding hydrogens is 245 g/mol. The van der Waals surface area contributed by atoms with Crippen molar-refractivity contribution in [2.24, 2.45) is 5.41 Å². The lowest BCUT2D eigenvalue weighted by molar-refractivity contribution is 0.402. The summed E-state index contributed by atoms with van der Waals surface area (Å²) < 4.78 is 0. The Morgan fingerprint density at radius 2 is 1.94 bits per heavy atom. The number of nitrogens with zero attached hydrogens (tertiary/aromatic N) is 2. The second-order valence-electron chi connectivity index (χ2n) is 5.05. The molecule has 0 saturated carbocycles. The number of pyridine rings is 1. The first-order valence-corrected chi connectivity index (χ1v) is 5.81. The number of halogens is 2. The Kier molecular flexibility index (Phi) is 2.84. The number of imidazole rings is 1. The van der Waals surface area contributed by atoms with Crippen LogP contribution in [0.15, 0.2) is 6.07 Å². The van der Waals surface area contributed by atoms with Crippen molar-refractivity contribution in [1.29, 1.82) is 0 Å². The van der Waals surface area contributed by atoms with Gasteiger partial charge in [0.05, 0.1) is 10.5 Å². The summed E-state index contributed by atoms with van der Waals surface area (Å²) in [6, 6.07) is 1.76. The lowest BCUT2D eigenvalue weighted by Gasteiger charge is -2.15. The number of aromatic nitrogens is 3. The molecule has 0 atom stereocenters. The third-order valence-electron chi connectivity index (χ3n) is 2.13. The number of H-pyrrole nitrogens is 1. The van der Waals surface area contributed by atoms with Gasteiger partial charge in [-0.05, 0) is 11.5 Å². The Morgan fingerprint density at radius 1 is 1.25 bits per heavy atom. The van der Waals surface area contributed by atoms with Gasteiger partial charge in [-0.2, -0.15) is 0 Å². The van der Waals surface area contributed by atoms with Gasteiger partial charge >= 0.3 is 0 Å². The molecule has 0 aliphatic rings. The lowest BCUT2D eigenvalue weighted by atomic mass is 9.92. The molecule has 2 aromatic rings. The molecule has 0 unspecified atom stereocenters. The Morgan fingerprint density at radius 3 is 2.56 bits per heavy atom. The predicted octanol–water partition coefficient (Wildman–Crippen LogP) is 3.85. The van der Waals surface area contributed by atoms with Gasteiger partial charge < -0.3 is 4.98 Å². The summed E-state index contributed by atoms with van der Waals surface area (Å²) in [5.74, 6) is 0.910. The van der Waals surface area contributed by atoms with Crippen molar-refractivity contribution < 1.29 is 0 Å². The Hall–Kier alpha value is -0.800. The van der Waals surface area contributed by atoms with Gasteiger partial charge in [0.25, 0.3) is 0 Å². The number of aromatic amines is 1. The van der Waals surface area contributed by atoms with Crippen LogP contribution in [0, 0.1) is 5.41 Å². The maximum absolute atomic E-state index is 5.89. The van der Waals surface area contributed by atoms with Crippen molar-refractivity contribution in [2.45, 2.75) is 27.2 Å². The van der Waals surface area contributed by atoms with E-state index in [-0.39, 0.29) is 5.41 Å². The molecule has 2 rings (SSSR count). The van der Waals surface area contributed by atoms with Gasteiger partial charge in [-0.15, -0.1) is 0 Å². The third kappa shape index (κ3) is 2.47. The highest BCUT2D eigenvalue weighted by molar-refractivity contribution is 6.41. The normalized spacial score (nSPS) is 12.3. The van der Waals surface area contributed by atoms with Gasteiger partial charge in [-0.1, -0.05) is 44.0 Å². The van der Waals surface area contributed by atoms with Crippen LogP contribution in [0.2, 0.25) is 10.2 Å². The lowest BCUT2D eigenvalue weighted by Crippen LogP contribution is -2.10. The zero-order chi connectivity index (χ0) is 11.9. The van der Waals surface area contributed by atoms with Crippen molar-refractivity contribution in [3.05, 3.63) is 22.1 Å². The summed E-state index contributed by atoms with van der Waals surface area (Å²) in [4.78, 5) is 11.7. The molecule has 16 heavy (non-hydrogen) atoms. The first-order chi connectivity index (χ1) is 7.35. The summed E-state index contributed by atoms with van der Waals surface area (Å²) in [6.07, 6.45) is 0.860. The molecule has 0 aliphatic heterocycles. The Balaban J connectivity index is 2.44. The number of nitrogens with one attached hydrogen (secondary N) is 1. The summed E-state index contributed by atoms with van der Waals surface area (Å²) >= 11 is 11.7. The number of hydrogen-bond donors (Lipinski definition) is 1. The van der Waals surface area contributed by atoms with Crippen LogP contribution < -0.4 is 0 Å². The van der Waals surface area contributed by atoms with E-state index in [0.29, 0.717) is 15.8 Å². The van der Waals surface area contributed by atoms with E-state index < -0.39 is 0 Å². The van der Waals surface area contributed by atoms with Crippen molar-refractivity contribution in [2.75, 3.05) is 0 Å². The SMILES string of the molecule is CC(C)(C)Cc1nc2nc(Cl)c(Cl)cc2[nH]1. The van der Waals surface area contributed by atoms with E-state index >= 15 is 0 Å². The highest BCUT2D eigenvalue weighted by Crippen LogP contribution is 2.25. The van der Waals surface area contributed by atoms with Crippen LogP contribution in [-0.2, 0) is 6.42 Å². The summed E-state index contributed by atoms with van der Waals surface area (Å²) in [5.41, 5.74) is 1.63. The number of fused-ring (bicyclic) bond motifs is 1. The van der Waals surface area contributed by atoms with E-state index in [1.807, 2.05) is 0 Å². The minimum atomic E-state index is 0.182. The maximum atomic E-state index is 5.89. The van der Waals surface area contributed by atoms with E-state index in [1.165, 1.54) is 0 Å². The average Bonchev–Trinajstić information content (AvgIpc) is 2.44. The molecule has 3 nitrogen and oxygen atoms in total. The minimum absolute atomic E-state index is 0.182. The fraction of sp³-hybridized carbons (Fsp3) is 0.455. The Labute approximate surface area is 104 Å². The molecule has 0 radical (unpaired) electrons. The highest BCUT2D eigenvalue weighted by atomic mass is 35.5. The van der Waals surface area contributed by atoms with Crippen LogP contribution in [0.3, 0.4) is 0 Å². The minimum Gasteiger partial charge on any atom is -0.341 e. The molecule has 0 aliphatic carbocycles. The second kappa shape index (κ2) is 3.90. The van der Waals surface area contributed by atoms with Crippen molar-refractivity contribution >= 4 is 34.4 Å². The van der Waals surface area contributed by atoms with Crippen LogP contribution >= 0.6 is 23.2 Å². The van der Waals surface area contributed by atoms with E-state index in [1.54, 1.807) is 6.07 Å². The number of hydrogen-bond acceptors (Lipinski definition) is 2. The fourth-order valence-corrected chi connectivity index (χ4v) is 1.82. The highest BCUT2D eigenvalue weighted by Gasteiger charge is 2.15. The van der Waals surface area contributed by atoms with Gasteiger partial charge in [-0.3, -0.25) is 0 Å². The number of rotatable bonds is 1. The molecule has 0 aromatic carbocycles. The predicted molar refractivity (Wildman–Crippen MR) is 67.1 cm³/mol. The summed E-state index contributed by atoms with van der Waals surface area (Å²) in [5, 5.41) is 0.739. The van der Waals surface area contributed by atoms with Gasteiger partial charge in [0.2, 0.25) is 0 Å². The van der Waals surface area contributed by atoms with Gasteiger partial charge in [0, 0.05) is 6.42 Å². The van der Waals surface area contributed by atoms with E-state index in [2.05, 4.69) is 35.7 Å². The van der Waals surface area contributed by atoms with Crippen molar-refractivity contribution in [3.8, 4) is 0 Å². The standard InChI is InChI=1S/C11H13Cl2N3/c1-11(2,3)5-8-14-7-4-6(12)9(13)16-10(7)15-8/h4H,5H2,1-3H3,(H,14,15,16). The first kappa shape index (κ1) is 11.7. The van der Waals surface area contributed by atoms with Gasteiger partial charge in [0.15, 0.2) is 5.65 Å². The fourth-order valence-electron chi connectivity index (χ4n) is 1.53. The van der Waals surface area contributed by atoms with Crippen LogP contribution in [0.5, 0.6) is 0 Å². The van der Waals surface area contributed by atoms with Crippen LogP contribution in [0.1, 0.15) is 26.6 Å². The molecule has 5 heteroatoms. The molecule has 0 bridgehead atoms. The largest absolute Gasteiger partial charge is 0.341 e. The Bertz CT molecular complexity index is 487. The van der Waals surface area contributed by atoms with Crippen LogP contribution in [-0.4, -0.2) is 15.0 Å².